The zero-order chi connectivity index (χ0) is 19.4. The van der Waals surface area contributed by atoms with Gasteiger partial charge in [0, 0.05) is 18.0 Å². The summed E-state index contributed by atoms with van der Waals surface area (Å²) in [5.41, 5.74) is -1.28. The molecular weight excluding hydrogens is 358 g/mol. The predicted octanol–water partition coefficient (Wildman–Crippen LogP) is 1.47. The van der Waals surface area contributed by atoms with Gasteiger partial charge >= 0.3 is 0 Å². The molecule has 0 aliphatic rings. The second kappa shape index (κ2) is 8.55. The molecule has 0 saturated heterocycles. The summed E-state index contributed by atoms with van der Waals surface area (Å²) in [5, 5.41) is 21.1. The fourth-order valence-corrected chi connectivity index (χ4v) is 2.15. The van der Waals surface area contributed by atoms with E-state index in [0.717, 1.165) is 11.0 Å². The van der Waals surface area contributed by atoms with E-state index in [1.807, 2.05) is 0 Å². The summed E-state index contributed by atoms with van der Waals surface area (Å²) >= 11 is 5.62. The zero-order valence-electron chi connectivity index (χ0n) is 14.1. The number of halogens is 3. The maximum atomic E-state index is 13.9. The van der Waals surface area contributed by atoms with Gasteiger partial charge in [-0.3, -0.25) is 9.59 Å². The molecule has 0 unspecified atom stereocenters. The number of nitrogens with one attached hydrogen (secondary N) is 1. The van der Waals surface area contributed by atoms with Gasteiger partial charge in [-0.05, 0) is 13.0 Å². The van der Waals surface area contributed by atoms with Crippen molar-refractivity contribution in [3.05, 3.63) is 28.8 Å². The third kappa shape index (κ3) is 5.10. The molecule has 9 heteroatoms. The van der Waals surface area contributed by atoms with Crippen molar-refractivity contribution in [2.45, 2.75) is 32.9 Å². The number of carbonyl (C=O) groups is 2. The summed E-state index contributed by atoms with van der Waals surface area (Å²) in [6.07, 6.45) is -1.14. The molecule has 0 saturated carbocycles. The number of amides is 2. The number of carbonyl (C=O) groups excluding carboxylic acids is 2. The molecule has 6 nitrogen and oxygen atoms in total. The molecule has 0 aliphatic carbocycles. The number of aliphatic hydroxyl groups is 2. The zero-order valence-corrected chi connectivity index (χ0v) is 14.8. The first kappa shape index (κ1) is 21.3. The van der Waals surface area contributed by atoms with Gasteiger partial charge in [0.25, 0.3) is 0 Å². The monoisotopic (exact) mass is 378 g/mol. The average Bonchev–Trinajstić information content (AvgIpc) is 2.56. The van der Waals surface area contributed by atoms with Crippen LogP contribution in [0.5, 0.6) is 0 Å². The Labute approximate surface area is 149 Å². The lowest BCUT2D eigenvalue weighted by Crippen LogP contribution is -2.49. The largest absolute Gasteiger partial charge is 0.396 e. The number of rotatable bonds is 8. The highest BCUT2D eigenvalue weighted by atomic mass is 35.5. The third-order valence-electron chi connectivity index (χ3n) is 3.82. The molecule has 0 bridgehead atoms. The Balaban J connectivity index is 2.84. The van der Waals surface area contributed by atoms with E-state index in [4.69, 9.17) is 16.7 Å². The van der Waals surface area contributed by atoms with Gasteiger partial charge in [0.15, 0.2) is 0 Å². The van der Waals surface area contributed by atoms with Crippen LogP contribution in [0.15, 0.2) is 12.1 Å². The van der Waals surface area contributed by atoms with Crippen molar-refractivity contribution >= 4 is 29.6 Å². The molecule has 0 heterocycles. The normalized spacial score (nSPS) is 13.9. The molecular formula is C16H21ClF2N2O4. The second-order valence-corrected chi connectivity index (χ2v) is 6.78. The first-order valence-corrected chi connectivity index (χ1v) is 7.87. The molecule has 3 N–H and O–H groups in total. The Morgan fingerprint density at radius 1 is 1.40 bits per heavy atom. The van der Waals surface area contributed by atoms with Gasteiger partial charge in [0.05, 0.1) is 23.4 Å². The minimum absolute atomic E-state index is 0.107. The van der Waals surface area contributed by atoms with Gasteiger partial charge in [-0.25, -0.2) is 8.78 Å². The SMILES string of the molecule is C[C@@H](CNC(=O)[C@H](O)C(C)(C)CO)N(C=O)c1cc(Cl)c(F)cc1F. The maximum Gasteiger partial charge on any atom is 0.249 e. The standard InChI is InChI=1S/C16H21ClF2N2O4/c1-9(6-20-15(25)14(24)16(2,3)7-22)21(8-23)13-4-10(17)11(18)5-12(13)19/h4-5,8-9,14,22,24H,6-7H2,1-3H3,(H,20,25)/t9-,14-/m0/s1. The van der Waals surface area contributed by atoms with Crippen LogP contribution in [0.2, 0.25) is 5.02 Å². The highest BCUT2D eigenvalue weighted by molar-refractivity contribution is 6.31. The first-order chi connectivity index (χ1) is 11.5. The molecule has 140 valence electrons. The van der Waals surface area contributed by atoms with Crippen molar-refractivity contribution in [2.75, 3.05) is 18.1 Å². The van der Waals surface area contributed by atoms with E-state index < -0.39 is 41.7 Å². The summed E-state index contributed by atoms with van der Waals surface area (Å²) in [6.45, 7) is 4.03. The van der Waals surface area contributed by atoms with Crippen molar-refractivity contribution in [2.24, 2.45) is 5.41 Å². The van der Waals surface area contributed by atoms with Crippen LogP contribution < -0.4 is 10.2 Å². The first-order valence-electron chi connectivity index (χ1n) is 7.50. The quantitative estimate of drug-likeness (QED) is 0.472. The van der Waals surface area contributed by atoms with Crippen LogP contribution in [0.25, 0.3) is 0 Å². The maximum absolute atomic E-state index is 13.9. The lowest BCUT2D eigenvalue weighted by atomic mass is 9.87. The molecule has 1 aromatic carbocycles. The van der Waals surface area contributed by atoms with Crippen LogP contribution in [0.4, 0.5) is 14.5 Å². The number of aliphatic hydroxyl groups excluding tert-OH is 2. The number of hydrogen-bond acceptors (Lipinski definition) is 4. The van der Waals surface area contributed by atoms with Gasteiger partial charge in [-0.2, -0.15) is 0 Å². The molecule has 25 heavy (non-hydrogen) atoms. The van der Waals surface area contributed by atoms with Gasteiger partial charge in [0.1, 0.15) is 17.7 Å². The highest BCUT2D eigenvalue weighted by Crippen LogP contribution is 2.27. The number of hydrogen-bond donors (Lipinski definition) is 3. The van der Waals surface area contributed by atoms with E-state index in [0.29, 0.717) is 12.5 Å². The summed E-state index contributed by atoms with van der Waals surface area (Å²) in [6, 6.07) is 0.831. The van der Waals surface area contributed by atoms with Crippen LogP contribution in [0, 0.1) is 17.0 Å². The minimum Gasteiger partial charge on any atom is -0.396 e. The topological polar surface area (TPSA) is 89.9 Å². The van der Waals surface area contributed by atoms with Crippen LogP contribution >= 0.6 is 11.6 Å². The van der Waals surface area contributed by atoms with Gasteiger partial charge in [-0.1, -0.05) is 25.4 Å². The molecule has 0 radical (unpaired) electrons. The molecule has 1 aromatic rings. The van der Waals surface area contributed by atoms with Gasteiger partial charge < -0.3 is 20.4 Å². The van der Waals surface area contributed by atoms with Gasteiger partial charge in [0.2, 0.25) is 12.3 Å². The smallest absolute Gasteiger partial charge is 0.249 e. The van der Waals surface area contributed by atoms with Crippen molar-refractivity contribution in [3.63, 3.8) is 0 Å². The van der Waals surface area contributed by atoms with E-state index >= 15 is 0 Å². The van der Waals surface area contributed by atoms with E-state index in [1.165, 1.54) is 20.8 Å². The number of anilines is 1. The molecule has 0 spiro atoms. The molecule has 0 aliphatic heterocycles. The molecule has 2 atom stereocenters. The van der Waals surface area contributed by atoms with E-state index in [-0.39, 0.29) is 17.3 Å². The van der Waals surface area contributed by atoms with Crippen molar-refractivity contribution in [1.29, 1.82) is 0 Å². The average molecular weight is 379 g/mol. The van der Waals surface area contributed by atoms with Crippen molar-refractivity contribution < 1.29 is 28.6 Å². The lowest BCUT2D eigenvalue weighted by Gasteiger charge is -2.29. The van der Waals surface area contributed by atoms with Gasteiger partial charge in [-0.15, -0.1) is 0 Å². The number of benzene rings is 1. The fourth-order valence-electron chi connectivity index (χ4n) is 1.99. The van der Waals surface area contributed by atoms with Crippen LogP contribution in [-0.4, -0.2) is 47.8 Å². The Bertz CT molecular complexity index is 643. The summed E-state index contributed by atoms with van der Waals surface area (Å²) < 4.78 is 27.1. The van der Waals surface area contributed by atoms with Crippen LogP contribution in [0.1, 0.15) is 20.8 Å². The van der Waals surface area contributed by atoms with Crippen molar-refractivity contribution in [1.82, 2.24) is 5.32 Å². The number of nitrogens with zero attached hydrogens (tertiary/aromatic N) is 1. The molecule has 0 fully saturated rings. The third-order valence-corrected chi connectivity index (χ3v) is 4.11. The molecule has 1 rings (SSSR count). The minimum atomic E-state index is -1.47. The summed E-state index contributed by atoms with van der Waals surface area (Å²) in [4.78, 5) is 24.2. The predicted molar refractivity (Wildman–Crippen MR) is 89.3 cm³/mol. The Morgan fingerprint density at radius 3 is 2.52 bits per heavy atom. The highest BCUT2D eigenvalue weighted by Gasteiger charge is 2.33. The molecule has 2 amide bonds. The van der Waals surface area contributed by atoms with E-state index in [9.17, 15) is 23.5 Å². The summed E-state index contributed by atoms with van der Waals surface area (Å²) in [7, 11) is 0. The second-order valence-electron chi connectivity index (χ2n) is 6.37. The lowest BCUT2D eigenvalue weighted by molar-refractivity contribution is -0.137. The summed E-state index contributed by atoms with van der Waals surface area (Å²) in [5.74, 6) is -2.67. The van der Waals surface area contributed by atoms with E-state index in [1.54, 1.807) is 0 Å². The van der Waals surface area contributed by atoms with Crippen LogP contribution in [0.3, 0.4) is 0 Å². The van der Waals surface area contributed by atoms with Crippen LogP contribution in [-0.2, 0) is 9.59 Å². The van der Waals surface area contributed by atoms with E-state index in [2.05, 4.69) is 5.32 Å². The van der Waals surface area contributed by atoms with Crippen molar-refractivity contribution in [3.8, 4) is 0 Å². The fraction of sp³-hybridized carbons (Fsp3) is 0.500. The Kier molecular flexibility index (Phi) is 7.28. The Hall–Kier alpha value is -1.77. The Morgan fingerprint density at radius 2 is 2.00 bits per heavy atom. The molecule has 0 aromatic heterocycles.